The number of ether oxygens (including phenoxy) is 1. The molecule has 0 heterocycles. The molecule has 0 saturated heterocycles. The van der Waals surface area contributed by atoms with Crippen LogP contribution in [0.5, 0.6) is 5.75 Å². The van der Waals surface area contributed by atoms with Gasteiger partial charge >= 0.3 is 0 Å². The van der Waals surface area contributed by atoms with Crippen molar-refractivity contribution in [1.29, 1.82) is 0 Å². The van der Waals surface area contributed by atoms with Crippen molar-refractivity contribution >= 4 is 27.5 Å². The van der Waals surface area contributed by atoms with Crippen molar-refractivity contribution in [3.8, 4) is 5.75 Å². The average molecular weight is 580 g/mol. The van der Waals surface area contributed by atoms with Gasteiger partial charge in [-0.25, -0.2) is 8.42 Å². The van der Waals surface area contributed by atoms with Gasteiger partial charge in [-0.1, -0.05) is 68.3 Å². The van der Waals surface area contributed by atoms with Gasteiger partial charge in [0.15, 0.2) is 0 Å². The Hall–Kier alpha value is -3.85. The summed E-state index contributed by atoms with van der Waals surface area (Å²) < 4.78 is 34.5. The molecule has 0 bridgehead atoms. The van der Waals surface area contributed by atoms with E-state index < -0.39 is 28.5 Å². The Morgan fingerprint density at radius 1 is 0.951 bits per heavy atom. The molecule has 9 heteroatoms. The first-order valence-electron chi connectivity index (χ1n) is 14.0. The Bertz CT molecular complexity index is 1410. The third kappa shape index (κ3) is 8.10. The molecule has 2 amide bonds. The molecule has 3 rings (SSSR count). The van der Waals surface area contributed by atoms with Crippen LogP contribution in [-0.4, -0.2) is 51.4 Å². The van der Waals surface area contributed by atoms with E-state index in [0.717, 1.165) is 29.5 Å². The molecule has 1 atom stereocenters. The van der Waals surface area contributed by atoms with Crippen molar-refractivity contribution in [1.82, 2.24) is 10.2 Å². The highest BCUT2D eigenvalue weighted by Gasteiger charge is 2.33. The van der Waals surface area contributed by atoms with E-state index in [2.05, 4.69) is 5.32 Å². The average Bonchev–Trinajstić information content (AvgIpc) is 2.98. The summed E-state index contributed by atoms with van der Waals surface area (Å²) in [6.45, 7) is 7.69. The van der Waals surface area contributed by atoms with E-state index in [9.17, 15) is 18.0 Å². The van der Waals surface area contributed by atoms with Crippen molar-refractivity contribution in [3.63, 3.8) is 0 Å². The summed E-state index contributed by atoms with van der Waals surface area (Å²) in [6.07, 6.45) is 2.32. The maximum absolute atomic E-state index is 14.1. The summed E-state index contributed by atoms with van der Waals surface area (Å²) in [6, 6.07) is 20.2. The minimum absolute atomic E-state index is 0.0915. The lowest BCUT2D eigenvalue weighted by Crippen LogP contribution is -2.51. The van der Waals surface area contributed by atoms with Crippen LogP contribution in [-0.2, 0) is 32.6 Å². The number of rotatable bonds is 14. The van der Waals surface area contributed by atoms with Gasteiger partial charge in [0.2, 0.25) is 11.8 Å². The first-order chi connectivity index (χ1) is 19.6. The Kier molecular flexibility index (Phi) is 11.3. The van der Waals surface area contributed by atoms with Gasteiger partial charge in [0, 0.05) is 13.1 Å². The van der Waals surface area contributed by atoms with Gasteiger partial charge in [0.1, 0.15) is 18.3 Å². The number of methoxy groups -OCH3 is 1. The SMILES string of the molecule is CCCCNC(=O)[C@H](C)N(Cc1ccc(OC)cc1)C(=O)CN(c1ccccc1CC)S(=O)(=O)c1ccc(C)cc1. The Balaban J connectivity index is 2.03. The molecule has 0 spiro atoms. The monoisotopic (exact) mass is 579 g/mol. The zero-order valence-electron chi connectivity index (χ0n) is 24.6. The van der Waals surface area contributed by atoms with Crippen LogP contribution in [0.15, 0.2) is 77.7 Å². The van der Waals surface area contributed by atoms with Gasteiger partial charge in [-0.15, -0.1) is 0 Å². The van der Waals surface area contributed by atoms with Gasteiger partial charge in [0.25, 0.3) is 10.0 Å². The lowest BCUT2D eigenvalue weighted by atomic mass is 10.1. The summed E-state index contributed by atoms with van der Waals surface area (Å²) in [5.41, 5.74) is 2.94. The molecule has 0 aliphatic rings. The van der Waals surface area contributed by atoms with Crippen LogP contribution in [0.4, 0.5) is 5.69 Å². The number of carbonyl (C=O) groups excluding carboxylic acids is 2. The van der Waals surface area contributed by atoms with E-state index in [4.69, 9.17) is 4.74 Å². The number of nitrogens with one attached hydrogen (secondary N) is 1. The number of anilines is 1. The molecule has 0 saturated carbocycles. The van der Waals surface area contributed by atoms with Crippen molar-refractivity contribution in [2.45, 2.75) is 64.4 Å². The second-order valence-corrected chi connectivity index (χ2v) is 11.9. The molecule has 3 aromatic carbocycles. The summed E-state index contributed by atoms with van der Waals surface area (Å²) in [4.78, 5) is 28.7. The number of amides is 2. The standard InChI is InChI=1S/C32H41N3O5S/c1-6-8-21-33-32(37)25(4)34(22-26-15-17-28(40-5)18-16-26)31(36)23-35(30-12-10-9-11-27(30)7-2)41(38,39)29-19-13-24(3)14-20-29/h9-20,25H,6-8,21-23H2,1-5H3,(H,33,37)/t25-/m0/s1. The van der Waals surface area contributed by atoms with Gasteiger partial charge in [-0.2, -0.15) is 0 Å². The molecule has 0 unspecified atom stereocenters. The maximum atomic E-state index is 14.1. The number of hydrogen-bond acceptors (Lipinski definition) is 5. The number of aryl methyl sites for hydroxylation is 2. The van der Waals surface area contributed by atoms with Gasteiger partial charge in [-0.3, -0.25) is 13.9 Å². The normalized spacial score (nSPS) is 11.9. The second kappa shape index (κ2) is 14.7. The lowest BCUT2D eigenvalue weighted by molar-refractivity contribution is -0.139. The van der Waals surface area contributed by atoms with Crippen LogP contribution in [0.2, 0.25) is 0 Å². The van der Waals surface area contributed by atoms with E-state index in [-0.39, 0.29) is 17.3 Å². The molecule has 41 heavy (non-hydrogen) atoms. The zero-order chi connectivity index (χ0) is 30.0. The molecule has 1 N–H and O–H groups in total. The molecule has 0 radical (unpaired) electrons. The highest BCUT2D eigenvalue weighted by atomic mass is 32.2. The topological polar surface area (TPSA) is 96.0 Å². The van der Waals surface area contributed by atoms with Crippen LogP contribution in [0.1, 0.15) is 50.3 Å². The second-order valence-electron chi connectivity index (χ2n) is 10.00. The molecule has 0 aliphatic carbocycles. The number of nitrogens with zero attached hydrogens (tertiary/aromatic N) is 2. The highest BCUT2D eigenvalue weighted by molar-refractivity contribution is 7.92. The molecular formula is C32H41N3O5S. The first kappa shape index (κ1) is 31.7. The van der Waals surface area contributed by atoms with Crippen LogP contribution < -0.4 is 14.4 Å². The van der Waals surface area contributed by atoms with Gasteiger partial charge < -0.3 is 15.0 Å². The number of sulfonamides is 1. The van der Waals surface area contributed by atoms with Crippen LogP contribution in [0.25, 0.3) is 0 Å². The van der Waals surface area contributed by atoms with Crippen molar-refractivity contribution in [3.05, 3.63) is 89.5 Å². The Labute approximate surface area is 244 Å². The van der Waals surface area contributed by atoms with Crippen molar-refractivity contribution in [2.24, 2.45) is 0 Å². The first-order valence-corrected chi connectivity index (χ1v) is 15.4. The smallest absolute Gasteiger partial charge is 0.264 e. The third-order valence-corrected chi connectivity index (χ3v) is 8.81. The largest absolute Gasteiger partial charge is 0.497 e. The number of carbonyl (C=O) groups is 2. The van der Waals surface area contributed by atoms with E-state index in [1.807, 2.05) is 45.0 Å². The highest BCUT2D eigenvalue weighted by Crippen LogP contribution is 2.28. The van der Waals surface area contributed by atoms with E-state index in [1.165, 1.54) is 9.21 Å². The number of para-hydroxylation sites is 1. The minimum Gasteiger partial charge on any atom is -0.497 e. The van der Waals surface area contributed by atoms with Gasteiger partial charge in [0.05, 0.1) is 17.7 Å². The minimum atomic E-state index is -4.11. The van der Waals surface area contributed by atoms with Crippen LogP contribution in [0, 0.1) is 6.92 Å². The van der Waals surface area contributed by atoms with E-state index >= 15 is 0 Å². The molecule has 220 valence electrons. The summed E-state index contributed by atoms with van der Waals surface area (Å²) in [5.74, 6) is -0.105. The Morgan fingerprint density at radius 3 is 2.22 bits per heavy atom. The summed E-state index contributed by atoms with van der Waals surface area (Å²) in [5, 5.41) is 2.90. The number of unbranched alkanes of at least 4 members (excludes halogenated alkanes) is 1. The molecule has 0 aliphatic heterocycles. The molecule has 0 aromatic heterocycles. The molecule has 0 fully saturated rings. The third-order valence-electron chi connectivity index (χ3n) is 7.04. The van der Waals surface area contributed by atoms with E-state index in [1.54, 1.807) is 62.6 Å². The maximum Gasteiger partial charge on any atom is 0.264 e. The number of hydrogen-bond donors (Lipinski definition) is 1. The van der Waals surface area contributed by atoms with Gasteiger partial charge in [-0.05, 0) is 68.1 Å². The van der Waals surface area contributed by atoms with Crippen molar-refractivity contribution < 1.29 is 22.7 Å². The molecule has 8 nitrogen and oxygen atoms in total. The fourth-order valence-electron chi connectivity index (χ4n) is 4.45. The fourth-order valence-corrected chi connectivity index (χ4v) is 5.90. The van der Waals surface area contributed by atoms with Crippen LogP contribution >= 0.6 is 0 Å². The summed E-state index contributed by atoms with van der Waals surface area (Å²) in [7, 11) is -2.53. The molecule has 3 aromatic rings. The fraction of sp³-hybridized carbons (Fsp3) is 0.375. The predicted octanol–water partition coefficient (Wildman–Crippen LogP) is 5.09. The zero-order valence-corrected chi connectivity index (χ0v) is 25.4. The van der Waals surface area contributed by atoms with Crippen LogP contribution in [0.3, 0.4) is 0 Å². The summed E-state index contributed by atoms with van der Waals surface area (Å²) >= 11 is 0. The quantitative estimate of drug-likeness (QED) is 0.268. The Morgan fingerprint density at radius 2 is 1.61 bits per heavy atom. The van der Waals surface area contributed by atoms with E-state index in [0.29, 0.717) is 24.4 Å². The predicted molar refractivity (Wildman–Crippen MR) is 162 cm³/mol. The molecular weight excluding hydrogens is 538 g/mol. The number of benzene rings is 3. The lowest BCUT2D eigenvalue weighted by Gasteiger charge is -2.32. The van der Waals surface area contributed by atoms with Crippen molar-refractivity contribution in [2.75, 3.05) is 24.5 Å².